The van der Waals surface area contributed by atoms with E-state index in [1.54, 1.807) is 37.6 Å². The Morgan fingerprint density at radius 3 is 2.48 bits per heavy atom. The van der Waals surface area contributed by atoms with Crippen molar-refractivity contribution in [2.24, 2.45) is 0 Å². The Labute approximate surface area is 193 Å². The number of anilines is 3. The molecule has 0 aliphatic carbocycles. The minimum atomic E-state index is -0.491. The van der Waals surface area contributed by atoms with Crippen LogP contribution in [0.2, 0.25) is 0 Å². The molecule has 3 aromatic rings. The largest absolute Gasteiger partial charge is 0.481 e. The predicted octanol–water partition coefficient (Wildman–Crippen LogP) is 3.90. The van der Waals surface area contributed by atoms with Crippen LogP contribution in [0, 0.1) is 0 Å². The number of hydrogen-bond acceptors (Lipinski definition) is 8. The maximum absolute atomic E-state index is 11.8. The smallest absolute Gasteiger partial charge is 0.411 e. The number of amides is 1. The van der Waals surface area contributed by atoms with Gasteiger partial charge in [0.25, 0.3) is 0 Å². The lowest BCUT2D eigenvalue weighted by molar-refractivity contribution is 0.151. The Hall–Kier alpha value is -3.98. The van der Waals surface area contributed by atoms with Gasteiger partial charge >= 0.3 is 6.09 Å². The number of rotatable bonds is 10. The van der Waals surface area contributed by atoms with Crippen LogP contribution in [0.4, 0.5) is 21.9 Å². The molecule has 0 saturated heterocycles. The molecule has 1 heterocycles. The molecule has 1 aromatic heterocycles. The van der Waals surface area contributed by atoms with Gasteiger partial charge in [-0.15, -0.1) is 0 Å². The zero-order chi connectivity index (χ0) is 23.6. The fourth-order valence-corrected chi connectivity index (χ4v) is 2.87. The van der Waals surface area contributed by atoms with Gasteiger partial charge in [0.05, 0.1) is 18.5 Å². The van der Waals surface area contributed by atoms with Crippen LogP contribution < -0.4 is 25.8 Å². The highest BCUT2D eigenvalue weighted by Gasteiger charge is 2.06. The molecule has 3 rings (SSSR count). The van der Waals surface area contributed by atoms with E-state index >= 15 is 0 Å². The molecule has 0 saturated carbocycles. The monoisotopic (exact) mass is 451 g/mol. The van der Waals surface area contributed by atoms with Crippen molar-refractivity contribution in [2.45, 2.75) is 0 Å². The van der Waals surface area contributed by atoms with Crippen molar-refractivity contribution in [2.75, 3.05) is 57.5 Å². The maximum Gasteiger partial charge on any atom is 0.411 e. The molecule has 0 atom stereocenters. The first-order chi connectivity index (χ1) is 15.9. The Morgan fingerprint density at radius 2 is 1.82 bits per heavy atom. The van der Waals surface area contributed by atoms with Gasteiger partial charge in [0, 0.05) is 30.1 Å². The zero-order valence-corrected chi connectivity index (χ0v) is 19.0. The number of nitrogen functional groups attached to an aromatic ring is 1. The van der Waals surface area contributed by atoms with E-state index in [2.05, 4.69) is 15.6 Å². The quantitative estimate of drug-likeness (QED) is 0.314. The summed E-state index contributed by atoms with van der Waals surface area (Å²) >= 11 is 0. The first-order valence-corrected chi connectivity index (χ1v) is 10.4. The van der Waals surface area contributed by atoms with Crippen molar-refractivity contribution in [3.05, 3.63) is 60.8 Å². The second kappa shape index (κ2) is 11.6. The summed E-state index contributed by atoms with van der Waals surface area (Å²) < 4.78 is 16.0. The van der Waals surface area contributed by atoms with Crippen LogP contribution in [-0.2, 0) is 4.74 Å². The number of nitrogens with one attached hydrogen (secondary N) is 2. The number of methoxy groups -OCH3 is 1. The molecule has 174 valence electrons. The Kier molecular flexibility index (Phi) is 8.31. The molecular formula is C24H29N5O4. The number of aromatic nitrogens is 1. The summed E-state index contributed by atoms with van der Waals surface area (Å²) in [5.41, 5.74) is 10.00. The first-order valence-electron chi connectivity index (χ1n) is 10.4. The normalized spacial score (nSPS) is 10.5. The summed E-state index contributed by atoms with van der Waals surface area (Å²) in [6, 6.07) is 16.5. The molecule has 0 radical (unpaired) electrons. The van der Waals surface area contributed by atoms with Crippen molar-refractivity contribution in [3.8, 4) is 22.8 Å². The second-order valence-corrected chi connectivity index (χ2v) is 7.45. The minimum absolute atomic E-state index is 0.216. The molecule has 0 aliphatic rings. The van der Waals surface area contributed by atoms with Gasteiger partial charge < -0.3 is 30.2 Å². The fraction of sp³-hybridized carbons (Fsp3) is 0.250. The average Bonchev–Trinajstić information content (AvgIpc) is 2.81. The van der Waals surface area contributed by atoms with Gasteiger partial charge in [0.1, 0.15) is 12.4 Å². The summed E-state index contributed by atoms with van der Waals surface area (Å²) in [7, 11) is 5.41. The number of carbonyl (C=O) groups excluding carboxylic acids is 1. The van der Waals surface area contributed by atoms with Gasteiger partial charge in [-0.25, -0.2) is 9.78 Å². The third kappa shape index (κ3) is 7.29. The van der Waals surface area contributed by atoms with E-state index in [4.69, 9.17) is 19.9 Å². The van der Waals surface area contributed by atoms with E-state index in [1.165, 1.54) is 0 Å². The summed E-state index contributed by atoms with van der Waals surface area (Å²) in [6.45, 7) is 1.20. The molecule has 1 amide bonds. The number of hydrogen-bond donors (Lipinski definition) is 3. The molecule has 0 aliphatic heterocycles. The van der Waals surface area contributed by atoms with Crippen LogP contribution in [0.1, 0.15) is 0 Å². The molecule has 0 fully saturated rings. The zero-order valence-electron chi connectivity index (χ0n) is 19.0. The van der Waals surface area contributed by atoms with Crippen molar-refractivity contribution in [1.82, 2.24) is 9.88 Å². The SMILES string of the molecule is COc1ccc(-c2ccc(N)c(NCOc3ccc(NC(=O)OCCN(C)C)cc3)c2)cn1. The number of benzene rings is 2. The van der Waals surface area contributed by atoms with Gasteiger partial charge in [-0.3, -0.25) is 5.32 Å². The summed E-state index contributed by atoms with van der Waals surface area (Å²) in [4.78, 5) is 18.0. The topological polar surface area (TPSA) is 111 Å². The third-order valence-corrected chi connectivity index (χ3v) is 4.71. The molecular weight excluding hydrogens is 422 g/mol. The van der Waals surface area contributed by atoms with Crippen LogP contribution in [0.15, 0.2) is 60.8 Å². The molecule has 9 heteroatoms. The first kappa shape index (κ1) is 23.7. The minimum Gasteiger partial charge on any atom is -0.481 e. The number of ether oxygens (including phenoxy) is 3. The molecule has 0 unspecified atom stereocenters. The predicted molar refractivity (Wildman–Crippen MR) is 130 cm³/mol. The number of pyridine rings is 1. The number of nitrogens with zero attached hydrogens (tertiary/aromatic N) is 2. The van der Waals surface area contributed by atoms with E-state index in [9.17, 15) is 4.79 Å². The second-order valence-electron chi connectivity index (χ2n) is 7.45. The van der Waals surface area contributed by atoms with Gasteiger partial charge in [-0.2, -0.15) is 0 Å². The molecule has 4 N–H and O–H groups in total. The number of carbonyl (C=O) groups is 1. The maximum atomic E-state index is 11.8. The summed E-state index contributed by atoms with van der Waals surface area (Å²) in [6.07, 6.45) is 1.26. The average molecular weight is 452 g/mol. The lowest BCUT2D eigenvalue weighted by Crippen LogP contribution is -2.22. The third-order valence-electron chi connectivity index (χ3n) is 4.71. The molecule has 0 spiro atoms. The Morgan fingerprint density at radius 1 is 1.06 bits per heavy atom. The van der Waals surface area contributed by atoms with Crippen LogP contribution in [0.5, 0.6) is 11.6 Å². The molecule has 0 bridgehead atoms. The van der Waals surface area contributed by atoms with Crippen molar-refractivity contribution >= 4 is 23.2 Å². The van der Waals surface area contributed by atoms with Gasteiger partial charge in [-0.05, 0) is 62.1 Å². The van der Waals surface area contributed by atoms with E-state index in [-0.39, 0.29) is 6.73 Å². The Bertz CT molecular complexity index is 1040. The lowest BCUT2D eigenvalue weighted by atomic mass is 10.1. The highest BCUT2D eigenvalue weighted by molar-refractivity contribution is 5.84. The van der Waals surface area contributed by atoms with E-state index in [1.807, 2.05) is 49.3 Å². The van der Waals surface area contributed by atoms with E-state index < -0.39 is 6.09 Å². The lowest BCUT2D eigenvalue weighted by Gasteiger charge is -2.13. The fourth-order valence-electron chi connectivity index (χ4n) is 2.87. The Balaban J connectivity index is 1.51. The van der Waals surface area contributed by atoms with Gasteiger partial charge in [0.15, 0.2) is 6.73 Å². The highest BCUT2D eigenvalue weighted by Crippen LogP contribution is 2.27. The van der Waals surface area contributed by atoms with Gasteiger partial charge in [0.2, 0.25) is 5.88 Å². The summed E-state index contributed by atoms with van der Waals surface area (Å²) in [5, 5.41) is 5.87. The molecule has 33 heavy (non-hydrogen) atoms. The van der Waals surface area contributed by atoms with Crippen molar-refractivity contribution in [1.29, 1.82) is 0 Å². The summed E-state index contributed by atoms with van der Waals surface area (Å²) in [5.74, 6) is 1.20. The van der Waals surface area contributed by atoms with Crippen LogP contribution >= 0.6 is 0 Å². The standard InChI is InChI=1S/C24H29N5O4/c1-29(2)12-13-32-24(30)28-19-6-8-20(9-7-19)33-16-27-22-14-17(4-10-21(22)25)18-5-11-23(31-3)26-15-18/h4-11,14-15,27H,12-13,16,25H2,1-3H3,(H,28,30). The van der Waals surface area contributed by atoms with Crippen LogP contribution in [0.3, 0.4) is 0 Å². The van der Waals surface area contributed by atoms with Gasteiger partial charge in [-0.1, -0.05) is 6.07 Å². The number of nitrogens with two attached hydrogens (primary N) is 1. The van der Waals surface area contributed by atoms with E-state index in [0.29, 0.717) is 36.2 Å². The van der Waals surface area contributed by atoms with Crippen LogP contribution in [0.25, 0.3) is 11.1 Å². The molecule has 9 nitrogen and oxygen atoms in total. The number of likely N-dealkylation sites (N-methyl/N-ethyl adjacent to an activating group) is 1. The van der Waals surface area contributed by atoms with E-state index in [0.717, 1.165) is 16.8 Å². The molecule has 2 aromatic carbocycles. The van der Waals surface area contributed by atoms with Crippen molar-refractivity contribution in [3.63, 3.8) is 0 Å². The highest BCUT2D eigenvalue weighted by atomic mass is 16.5. The van der Waals surface area contributed by atoms with Crippen molar-refractivity contribution < 1.29 is 19.0 Å². The van der Waals surface area contributed by atoms with Crippen LogP contribution in [-0.4, -0.2) is 57.1 Å².